The fourth-order valence-corrected chi connectivity index (χ4v) is 2.42. The molecular weight excluding hydrogens is 318 g/mol. The first-order valence-corrected chi connectivity index (χ1v) is 7.69. The van der Waals surface area contributed by atoms with Crippen molar-refractivity contribution in [2.24, 2.45) is 0 Å². The van der Waals surface area contributed by atoms with Gasteiger partial charge in [0.1, 0.15) is 6.61 Å². The average molecular weight is 333 g/mol. The number of ether oxygens (including phenoxy) is 1. The van der Waals surface area contributed by atoms with Gasteiger partial charge >= 0.3 is 5.97 Å². The molecule has 3 aromatic rings. The number of nitro benzene ring substituents is 1. The summed E-state index contributed by atoms with van der Waals surface area (Å²) < 4.78 is 5.23. The van der Waals surface area contributed by atoms with E-state index in [0.29, 0.717) is 11.1 Å². The zero-order valence-corrected chi connectivity index (χ0v) is 13.3. The fraction of sp³-hybridized carbons (Fsp3) is 0.0500. The number of hydrogen-bond donors (Lipinski definition) is 0. The van der Waals surface area contributed by atoms with Gasteiger partial charge in [0.25, 0.3) is 5.69 Å². The largest absolute Gasteiger partial charge is 0.457 e. The molecule has 0 heterocycles. The van der Waals surface area contributed by atoms with Crippen LogP contribution in [0.4, 0.5) is 5.69 Å². The van der Waals surface area contributed by atoms with Gasteiger partial charge in [-0.15, -0.1) is 0 Å². The summed E-state index contributed by atoms with van der Waals surface area (Å²) in [5, 5.41) is 10.8. The second-order valence-corrected chi connectivity index (χ2v) is 5.45. The molecule has 3 rings (SSSR count). The van der Waals surface area contributed by atoms with E-state index in [2.05, 4.69) is 0 Å². The van der Waals surface area contributed by atoms with Crippen LogP contribution in [-0.4, -0.2) is 10.9 Å². The minimum Gasteiger partial charge on any atom is -0.457 e. The Hall–Kier alpha value is -3.47. The van der Waals surface area contributed by atoms with E-state index in [1.54, 1.807) is 24.3 Å². The molecule has 5 nitrogen and oxygen atoms in total. The molecule has 0 radical (unpaired) electrons. The SMILES string of the molecule is O=C(OCc1cccc([N+](=O)[O-])c1)c1ccc(-c2ccccc2)cc1. The van der Waals surface area contributed by atoms with Gasteiger partial charge < -0.3 is 4.74 Å². The molecule has 0 fully saturated rings. The van der Waals surface area contributed by atoms with Crippen molar-refractivity contribution >= 4 is 11.7 Å². The third-order valence-corrected chi connectivity index (χ3v) is 3.72. The maximum absolute atomic E-state index is 12.1. The molecule has 124 valence electrons. The van der Waals surface area contributed by atoms with Gasteiger partial charge in [-0.25, -0.2) is 4.79 Å². The molecule has 5 heteroatoms. The first-order chi connectivity index (χ1) is 12.1. The van der Waals surface area contributed by atoms with Crippen LogP contribution in [0.1, 0.15) is 15.9 Å². The summed E-state index contributed by atoms with van der Waals surface area (Å²) in [5.41, 5.74) is 3.06. The number of nitrogens with zero attached hydrogens (tertiary/aromatic N) is 1. The lowest BCUT2D eigenvalue weighted by molar-refractivity contribution is -0.384. The summed E-state index contributed by atoms with van der Waals surface area (Å²) >= 11 is 0. The number of carbonyl (C=O) groups is 1. The Kier molecular flexibility index (Phi) is 4.85. The molecule has 0 amide bonds. The van der Waals surface area contributed by atoms with Crippen LogP contribution in [0.5, 0.6) is 0 Å². The summed E-state index contributed by atoms with van der Waals surface area (Å²) in [7, 11) is 0. The maximum atomic E-state index is 12.1. The Morgan fingerprint density at radius 3 is 2.24 bits per heavy atom. The molecule has 0 aliphatic carbocycles. The van der Waals surface area contributed by atoms with Crippen molar-refractivity contribution in [3.63, 3.8) is 0 Å². The van der Waals surface area contributed by atoms with Gasteiger partial charge in [-0.2, -0.15) is 0 Å². The van der Waals surface area contributed by atoms with E-state index in [0.717, 1.165) is 11.1 Å². The normalized spacial score (nSPS) is 10.2. The first-order valence-electron chi connectivity index (χ1n) is 7.69. The number of benzene rings is 3. The lowest BCUT2D eigenvalue weighted by Gasteiger charge is -2.06. The van der Waals surface area contributed by atoms with Crippen LogP contribution in [0, 0.1) is 10.1 Å². The second-order valence-electron chi connectivity index (χ2n) is 5.45. The molecule has 0 N–H and O–H groups in total. The number of esters is 1. The predicted molar refractivity (Wildman–Crippen MR) is 94.1 cm³/mol. The van der Waals surface area contributed by atoms with Crippen LogP contribution in [0.15, 0.2) is 78.9 Å². The van der Waals surface area contributed by atoms with E-state index in [1.807, 2.05) is 42.5 Å². The molecule has 0 aromatic heterocycles. The standard InChI is InChI=1S/C20H15NO4/c22-20(25-14-15-5-4-8-19(13-15)21(23)24)18-11-9-17(10-12-18)16-6-2-1-3-7-16/h1-13H,14H2. The van der Waals surface area contributed by atoms with Gasteiger partial charge in [-0.3, -0.25) is 10.1 Å². The third kappa shape index (κ3) is 4.09. The molecule has 25 heavy (non-hydrogen) atoms. The van der Waals surface area contributed by atoms with Crippen LogP contribution < -0.4 is 0 Å². The molecule has 0 aliphatic heterocycles. The van der Waals surface area contributed by atoms with Crippen LogP contribution in [-0.2, 0) is 11.3 Å². The maximum Gasteiger partial charge on any atom is 0.338 e. The van der Waals surface area contributed by atoms with Gasteiger partial charge in [0.05, 0.1) is 10.5 Å². The Balaban J connectivity index is 1.65. The molecule has 3 aromatic carbocycles. The highest BCUT2D eigenvalue weighted by Crippen LogP contribution is 2.20. The number of hydrogen-bond acceptors (Lipinski definition) is 4. The fourth-order valence-electron chi connectivity index (χ4n) is 2.42. The first kappa shape index (κ1) is 16.4. The van der Waals surface area contributed by atoms with Crippen molar-refractivity contribution in [3.8, 4) is 11.1 Å². The highest BCUT2D eigenvalue weighted by molar-refractivity contribution is 5.90. The van der Waals surface area contributed by atoms with E-state index in [9.17, 15) is 14.9 Å². The minimum absolute atomic E-state index is 0.0129. The molecule has 0 saturated carbocycles. The summed E-state index contributed by atoms with van der Waals surface area (Å²) in [6, 6.07) is 23.0. The number of carbonyl (C=O) groups excluding carboxylic acids is 1. The molecular formula is C20H15NO4. The van der Waals surface area contributed by atoms with Gasteiger partial charge in [-0.1, -0.05) is 54.6 Å². The monoisotopic (exact) mass is 333 g/mol. The van der Waals surface area contributed by atoms with Crippen molar-refractivity contribution in [2.75, 3.05) is 0 Å². The summed E-state index contributed by atoms with van der Waals surface area (Å²) in [6.45, 7) is -0.0129. The Morgan fingerprint density at radius 1 is 0.880 bits per heavy atom. The van der Waals surface area contributed by atoms with E-state index < -0.39 is 10.9 Å². The quantitative estimate of drug-likeness (QED) is 0.388. The second kappa shape index (κ2) is 7.40. The summed E-state index contributed by atoms with van der Waals surface area (Å²) in [4.78, 5) is 22.4. The van der Waals surface area contributed by atoms with Crippen LogP contribution in [0.2, 0.25) is 0 Å². The third-order valence-electron chi connectivity index (χ3n) is 3.72. The number of rotatable bonds is 5. The zero-order chi connectivity index (χ0) is 17.6. The number of non-ortho nitro benzene ring substituents is 1. The lowest BCUT2D eigenvalue weighted by atomic mass is 10.0. The van der Waals surface area contributed by atoms with Crippen LogP contribution in [0.25, 0.3) is 11.1 Å². The van der Waals surface area contributed by atoms with Crippen LogP contribution in [0.3, 0.4) is 0 Å². The van der Waals surface area contributed by atoms with Gasteiger partial charge in [0, 0.05) is 12.1 Å². The van der Waals surface area contributed by atoms with Crippen molar-refractivity contribution in [3.05, 3.63) is 100 Å². The van der Waals surface area contributed by atoms with Gasteiger partial charge in [0.2, 0.25) is 0 Å². The Labute approximate surface area is 144 Å². The van der Waals surface area contributed by atoms with Gasteiger partial charge in [-0.05, 0) is 28.8 Å². The highest BCUT2D eigenvalue weighted by atomic mass is 16.6. The molecule has 0 bridgehead atoms. The van der Waals surface area contributed by atoms with E-state index >= 15 is 0 Å². The van der Waals surface area contributed by atoms with E-state index in [-0.39, 0.29) is 12.3 Å². The van der Waals surface area contributed by atoms with Gasteiger partial charge in [0.15, 0.2) is 0 Å². The minimum atomic E-state index is -0.479. The Morgan fingerprint density at radius 2 is 1.56 bits per heavy atom. The molecule has 0 aliphatic rings. The molecule has 0 unspecified atom stereocenters. The smallest absolute Gasteiger partial charge is 0.338 e. The average Bonchev–Trinajstić information content (AvgIpc) is 2.67. The summed E-state index contributed by atoms with van der Waals surface area (Å²) in [5.74, 6) is -0.467. The van der Waals surface area contributed by atoms with Crippen molar-refractivity contribution in [2.45, 2.75) is 6.61 Å². The summed E-state index contributed by atoms with van der Waals surface area (Å²) in [6.07, 6.45) is 0. The molecule has 0 saturated heterocycles. The van der Waals surface area contributed by atoms with E-state index in [4.69, 9.17) is 4.74 Å². The van der Waals surface area contributed by atoms with Crippen LogP contribution >= 0.6 is 0 Å². The van der Waals surface area contributed by atoms with Crippen molar-refractivity contribution in [1.29, 1.82) is 0 Å². The molecule has 0 atom stereocenters. The number of nitro groups is 1. The lowest BCUT2D eigenvalue weighted by Crippen LogP contribution is -2.05. The zero-order valence-electron chi connectivity index (χ0n) is 13.3. The predicted octanol–water partition coefficient (Wildman–Crippen LogP) is 4.62. The highest BCUT2D eigenvalue weighted by Gasteiger charge is 2.10. The van der Waals surface area contributed by atoms with E-state index in [1.165, 1.54) is 12.1 Å². The topological polar surface area (TPSA) is 69.4 Å². The Bertz CT molecular complexity index is 889. The van der Waals surface area contributed by atoms with Crippen molar-refractivity contribution in [1.82, 2.24) is 0 Å². The molecule has 0 spiro atoms. The van der Waals surface area contributed by atoms with Crippen molar-refractivity contribution < 1.29 is 14.5 Å².